The van der Waals surface area contributed by atoms with Crippen LogP contribution in [0.4, 0.5) is 4.39 Å². The van der Waals surface area contributed by atoms with E-state index in [1.807, 2.05) is 0 Å². The maximum Gasteiger partial charge on any atom is 0.182 e. The number of halogens is 1. The number of benzene rings is 2. The Labute approximate surface area is 125 Å². The number of aromatic amines is 1. The van der Waals surface area contributed by atoms with Gasteiger partial charge in [0.15, 0.2) is 4.77 Å². The van der Waals surface area contributed by atoms with Gasteiger partial charge in [0, 0.05) is 6.07 Å². The van der Waals surface area contributed by atoms with Crippen LogP contribution in [0.2, 0.25) is 0 Å². The number of nitriles is 1. The summed E-state index contributed by atoms with van der Waals surface area (Å²) in [7, 11) is 1.51. The maximum absolute atomic E-state index is 14.2. The van der Waals surface area contributed by atoms with Crippen LogP contribution in [0.15, 0.2) is 36.4 Å². The Morgan fingerprint density at radius 2 is 2.10 bits per heavy atom. The minimum absolute atomic E-state index is 0.278. The molecule has 3 rings (SSSR count). The molecule has 4 nitrogen and oxygen atoms in total. The molecule has 0 aliphatic heterocycles. The number of ether oxygens (including phenoxy) is 1. The lowest BCUT2D eigenvalue weighted by atomic mass is 10.2. The second kappa shape index (κ2) is 5.04. The molecule has 0 spiro atoms. The van der Waals surface area contributed by atoms with Crippen molar-refractivity contribution in [2.24, 2.45) is 0 Å². The Kier molecular flexibility index (Phi) is 3.20. The van der Waals surface area contributed by atoms with Crippen molar-refractivity contribution in [1.82, 2.24) is 9.55 Å². The number of nitrogens with one attached hydrogen (secondary N) is 1. The number of H-pyrrole nitrogens is 1. The topological polar surface area (TPSA) is 53.7 Å². The smallest absolute Gasteiger partial charge is 0.182 e. The van der Waals surface area contributed by atoms with Crippen LogP contribution in [-0.2, 0) is 0 Å². The van der Waals surface area contributed by atoms with Crippen LogP contribution in [0.5, 0.6) is 5.75 Å². The second-order valence-corrected chi connectivity index (χ2v) is 4.81. The maximum atomic E-state index is 14.2. The molecule has 3 aromatic rings. The van der Waals surface area contributed by atoms with Crippen molar-refractivity contribution in [3.63, 3.8) is 0 Å². The molecule has 2 aromatic carbocycles. The highest BCUT2D eigenvalue weighted by atomic mass is 32.1. The summed E-state index contributed by atoms with van der Waals surface area (Å²) in [6, 6.07) is 11.6. The third kappa shape index (κ3) is 2.18. The molecule has 1 heterocycles. The first-order valence-electron chi connectivity index (χ1n) is 6.13. The fourth-order valence-corrected chi connectivity index (χ4v) is 2.51. The highest BCUT2D eigenvalue weighted by molar-refractivity contribution is 7.71. The van der Waals surface area contributed by atoms with Crippen LogP contribution in [0.3, 0.4) is 0 Å². The summed E-state index contributed by atoms with van der Waals surface area (Å²) in [6.07, 6.45) is 0. The van der Waals surface area contributed by atoms with Crippen LogP contribution in [0.1, 0.15) is 5.56 Å². The molecule has 6 heteroatoms. The van der Waals surface area contributed by atoms with Crippen molar-refractivity contribution < 1.29 is 9.13 Å². The van der Waals surface area contributed by atoms with Crippen molar-refractivity contribution in [3.05, 3.63) is 52.5 Å². The summed E-state index contributed by atoms with van der Waals surface area (Å²) < 4.78 is 21.2. The van der Waals surface area contributed by atoms with Gasteiger partial charge in [-0.05, 0) is 42.5 Å². The van der Waals surface area contributed by atoms with Gasteiger partial charge in [-0.1, -0.05) is 0 Å². The van der Waals surface area contributed by atoms with Gasteiger partial charge >= 0.3 is 0 Å². The van der Waals surface area contributed by atoms with E-state index in [2.05, 4.69) is 11.1 Å². The zero-order chi connectivity index (χ0) is 15.0. The van der Waals surface area contributed by atoms with E-state index < -0.39 is 5.82 Å². The number of fused-ring (bicyclic) bond motifs is 1. The average Bonchev–Trinajstić information content (AvgIpc) is 2.82. The molecule has 0 saturated carbocycles. The van der Waals surface area contributed by atoms with Crippen molar-refractivity contribution in [3.8, 4) is 17.5 Å². The van der Waals surface area contributed by atoms with Gasteiger partial charge in [-0.3, -0.25) is 4.57 Å². The van der Waals surface area contributed by atoms with Gasteiger partial charge in [-0.25, -0.2) is 4.39 Å². The second-order valence-electron chi connectivity index (χ2n) is 4.43. The van der Waals surface area contributed by atoms with Gasteiger partial charge in [0.2, 0.25) is 0 Å². The van der Waals surface area contributed by atoms with E-state index in [-0.39, 0.29) is 5.69 Å². The lowest BCUT2D eigenvalue weighted by Crippen LogP contribution is -1.99. The summed E-state index contributed by atoms with van der Waals surface area (Å²) in [4.78, 5) is 3.00. The molecule has 0 amide bonds. The van der Waals surface area contributed by atoms with E-state index in [4.69, 9.17) is 22.2 Å². The van der Waals surface area contributed by atoms with Crippen LogP contribution < -0.4 is 4.74 Å². The number of imidazole rings is 1. The Morgan fingerprint density at radius 3 is 2.81 bits per heavy atom. The molecule has 21 heavy (non-hydrogen) atoms. The molecule has 0 unspecified atom stereocenters. The Bertz CT molecular complexity index is 936. The van der Waals surface area contributed by atoms with Gasteiger partial charge in [-0.2, -0.15) is 5.26 Å². The third-order valence-electron chi connectivity index (χ3n) is 3.21. The minimum atomic E-state index is -0.421. The quantitative estimate of drug-likeness (QED) is 0.734. The molecule has 0 aliphatic carbocycles. The fourth-order valence-electron chi connectivity index (χ4n) is 2.20. The molecule has 104 valence electrons. The molecule has 1 aromatic heterocycles. The first-order valence-corrected chi connectivity index (χ1v) is 6.53. The van der Waals surface area contributed by atoms with E-state index in [1.54, 1.807) is 28.8 Å². The van der Waals surface area contributed by atoms with E-state index in [0.717, 1.165) is 5.52 Å². The molecule has 1 N–H and O–H groups in total. The van der Waals surface area contributed by atoms with Gasteiger partial charge < -0.3 is 9.72 Å². The minimum Gasteiger partial charge on any atom is -0.497 e. The van der Waals surface area contributed by atoms with Crippen molar-refractivity contribution in [2.75, 3.05) is 7.11 Å². The van der Waals surface area contributed by atoms with Crippen LogP contribution >= 0.6 is 12.2 Å². The SMILES string of the molecule is COc1ccc(F)c(-n2c(=S)[nH]c3ccc(C#N)cc32)c1. The number of hydrogen-bond donors (Lipinski definition) is 1. The molecule has 0 saturated heterocycles. The molecule has 0 atom stereocenters. The molecular formula is C15H10FN3OS. The summed E-state index contributed by atoms with van der Waals surface area (Å²) in [5, 5.41) is 9.01. The Balaban J connectivity index is 2.37. The van der Waals surface area contributed by atoms with Gasteiger partial charge in [0.1, 0.15) is 11.6 Å². The summed E-state index contributed by atoms with van der Waals surface area (Å²) in [5.41, 5.74) is 2.14. The summed E-state index contributed by atoms with van der Waals surface area (Å²) in [6.45, 7) is 0. The summed E-state index contributed by atoms with van der Waals surface area (Å²) in [5.74, 6) is 0.106. The van der Waals surface area contributed by atoms with Gasteiger partial charge in [0.05, 0.1) is 35.5 Å². The monoisotopic (exact) mass is 299 g/mol. The summed E-state index contributed by atoms with van der Waals surface area (Å²) >= 11 is 5.27. The number of aromatic nitrogens is 2. The highest BCUT2D eigenvalue weighted by Gasteiger charge is 2.12. The van der Waals surface area contributed by atoms with Crippen LogP contribution in [0, 0.1) is 21.9 Å². The molecular weight excluding hydrogens is 289 g/mol. The Hall–Kier alpha value is -2.65. The largest absolute Gasteiger partial charge is 0.497 e. The third-order valence-corrected chi connectivity index (χ3v) is 3.49. The van der Waals surface area contributed by atoms with Crippen LogP contribution in [0.25, 0.3) is 16.7 Å². The number of hydrogen-bond acceptors (Lipinski definition) is 3. The average molecular weight is 299 g/mol. The standard InChI is InChI=1S/C15H10FN3OS/c1-20-10-3-4-11(16)13(7-10)19-14-6-9(8-17)2-5-12(14)18-15(19)21/h2-7H,1H3,(H,18,21). The lowest BCUT2D eigenvalue weighted by molar-refractivity contribution is 0.413. The molecule has 0 radical (unpaired) electrons. The predicted molar refractivity (Wildman–Crippen MR) is 79.7 cm³/mol. The molecule has 0 bridgehead atoms. The fraction of sp³-hybridized carbons (Fsp3) is 0.0667. The molecule has 0 aliphatic rings. The van der Waals surface area contributed by atoms with Crippen molar-refractivity contribution in [1.29, 1.82) is 5.26 Å². The van der Waals surface area contributed by atoms with Crippen LogP contribution in [-0.4, -0.2) is 16.7 Å². The predicted octanol–water partition coefficient (Wildman–Crippen LogP) is 3.71. The van der Waals surface area contributed by atoms with E-state index in [9.17, 15) is 4.39 Å². The number of nitrogens with zero attached hydrogens (tertiary/aromatic N) is 2. The van der Waals surface area contributed by atoms with E-state index >= 15 is 0 Å². The van der Waals surface area contributed by atoms with E-state index in [1.165, 1.54) is 19.2 Å². The first-order chi connectivity index (χ1) is 10.1. The normalized spacial score (nSPS) is 10.5. The lowest BCUT2D eigenvalue weighted by Gasteiger charge is -2.08. The van der Waals surface area contributed by atoms with E-state index in [0.29, 0.717) is 21.6 Å². The molecule has 0 fully saturated rings. The first kappa shape index (κ1) is 13.3. The Morgan fingerprint density at radius 1 is 1.29 bits per heavy atom. The zero-order valence-corrected chi connectivity index (χ0v) is 11.9. The number of rotatable bonds is 2. The zero-order valence-electron chi connectivity index (χ0n) is 11.1. The van der Waals surface area contributed by atoms with Crippen molar-refractivity contribution in [2.45, 2.75) is 0 Å². The highest BCUT2D eigenvalue weighted by Crippen LogP contribution is 2.25. The van der Waals surface area contributed by atoms with Crippen molar-refractivity contribution >= 4 is 23.3 Å². The van der Waals surface area contributed by atoms with Gasteiger partial charge in [-0.15, -0.1) is 0 Å². The van der Waals surface area contributed by atoms with Gasteiger partial charge in [0.25, 0.3) is 0 Å². The number of methoxy groups -OCH3 is 1.